The number of guanidine groups is 1. The summed E-state index contributed by atoms with van der Waals surface area (Å²) in [7, 11) is 0. The van der Waals surface area contributed by atoms with Crippen LogP contribution in [0.15, 0.2) is 4.99 Å². The maximum atomic E-state index is 12.1. The van der Waals surface area contributed by atoms with Gasteiger partial charge >= 0.3 is 0 Å². The van der Waals surface area contributed by atoms with Gasteiger partial charge < -0.3 is 15.5 Å². The Morgan fingerprint density at radius 1 is 1.25 bits per heavy atom. The third-order valence-electron chi connectivity index (χ3n) is 5.09. The average molecular weight is 338 g/mol. The number of likely N-dealkylation sites (tertiary alicyclic amines) is 2. The quantitative estimate of drug-likeness (QED) is 0.566. The van der Waals surface area contributed by atoms with Crippen LogP contribution < -0.4 is 10.6 Å². The van der Waals surface area contributed by atoms with Crippen LogP contribution in [0.3, 0.4) is 0 Å². The van der Waals surface area contributed by atoms with Gasteiger partial charge in [0, 0.05) is 51.2 Å². The number of hydrogen-bond donors (Lipinski definition) is 2. The molecule has 6 heteroatoms. The minimum Gasteiger partial charge on any atom is -0.357 e. The maximum Gasteiger partial charge on any atom is 0.224 e. The minimum absolute atomic E-state index is 0.243. The van der Waals surface area contributed by atoms with Gasteiger partial charge in [0.2, 0.25) is 5.91 Å². The SMILES string of the molecule is CCNC(=NCCC(=O)N1CCCC1)NC1CN(C(C)C)CC1C. The second kappa shape index (κ2) is 9.25. The molecular weight excluding hydrogens is 302 g/mol. The smallest absolute Gasteiger partial charge is 0.224 e. The van der Waals surface area contributed by atoms with E-state index in [0.29, 0.717) is 31.0 Å². The van der Waals surface area contributed by atoms with Crippen LogP contribution in [0.25, 0.3) is 0 Å². The van der Waals surface area contributed by atoms with E-state index >= 15 is 0 Å². The molecule has 2 aliphatic heterocycles. The first-order chi connectivity index (χ1) is 11.5. The van der Waals surface area contributed by atoms with Gasteiger partial charge in [0.15, 0.2) is 5.96 Å². The second-order valence-corrected chi connectivity index (χ2v) is 7.37. The van der Waals surface area contributed by atoms with Crippen molar-refractivity contribution in [2.45, 2.75) is 59.0 Å². The molecule has 2 fully saturated rings. The lowest BCUT2D eigenvalue weighted by Gasteiger charge is -2.22. The van der Waals surface area contributed by atoms with Crippen molar-refractivity contribution in [3.05, 3.63) is 0 Å². The van der Waals surface area contributed by atoms with E-state index in [0.717, 1.165) is 51.5 Å². The Balaban J connectivity index is 1.83. The molecular formula is C18H35N5O. The number of aliphatic imine (C=N–C) groups is 1. The van der Waals surface area contributed by atoms with Gasteiger partial charge in [-0.25, -0.2) is 0 Å². The number of rotatable bonds is 6. The van der Waals surface area contributed by atoms with Crippen LogP contribution in [0.1, 0.15) is 47.0 Å². The summed E-state index contributed by atoms with van der Waals surface area (Å²) < 4.78 is 0. The highest BCUT2D eigenvalue weighted by atomic mass is 16.2. The molecule has 0 aromatic rings. The van der Waals surface area contributed by atoms with Crippen molar-refractivity contribution in [1.82, 2.24) is 20.4 Å². The molecule has 0 saturated carbocycles. The molecule has 0 aromatic heterocycles. The topological polar surface area (TPSA) is 60.0 Å². The number of carbonyl (C=O) groups excluding carboxylic acids is 1. The fraction of sp³-hybridized carbons (Fsp3) is 0.889. The molecule has 0 radical (unpaired) electrons. The Morgan fingerprint density at radius 3 is 2.54 bits per heavy atom. The summed E-state index contributed by atoms with van der Waals surface area (Å²) in [6, 6.07) is 0.997. The van der Waals surface area contributed by atoms with E-state index in [9.17, 15) is 4.79 Å². The van der Waals surface area contributed by atoms with Crippen molar-refractivity contribution in [3.8, 4) is 0 Å². The third kappa shape index (κ3) is 5.36. The molecule has 24 heavy (non-hydrogen) atoms. The van der Waals surface area contributed by atoms with Gasteiger partial charge in [-0.3, -0.25) is 14.7 Å². The van der Waals surface area contributed by atoms with Gasteiger partial charge in [-0.15, -0.1) is 0 Å². The Morgan fingerprint density at radius 2 is 1.96 bits per heavy atom. The van der Waals surface area contributed by atoms with Crippen molar-refractivity contribution in [1.29, 1.82) is 0 Å². The Kier molecular flexibility index (Phi) is 7.34. The van der Waals surface area contributed by atoms with Crippen molar-refractivity contribution in [2.75, 3.05) is 39.3 Å². The zero-order chi connectivity index (χ0) is 17.5. The number of nitrogens with zero attached hydrogens (tertiary/aromatic N) is 3. The first-order valence-corrected chi connectivity index (χ1v) is 9.58. The predicted octanol–water partition coefficient (Wildman–Crippen LogP) is 1.28. The zero-order valence-corrected chi connectivity index (χ0v) is 15.8. The summed E-state index contributed by atoms with van der Waals surface area (Å²) in [5.41, 5.74) is 0. The van der Waals surface area contributed by atoms with Crippen LogP contribution in [-0.4, -0.2) is 73.0 Å². The van der Waals surface area contributed by atoms with Crippen LogP contribution in [-0.2, 0) is 4.79 Å². The number of amides is 1. The summed E-state index contributed by atoms with van der Waals surface area (Å²) in [6.45, 7) is 14.3. The first kappa shape index (κ1) is 19.0. The lowest BCUT2D eigenvalue weighted by atomic mass is 10.1. The van der Waals surface area contributed by atoms with Crippen LogP contribution in [0.5, 0.6) is 0 Å². The summed E-state index contributed by atoms with van der Waals surface area (Å²) >= 11 is 0. The maximum absolute atomic E-state index is 12.1. The summed E-state index contributed by atoms with van der Waals surface area (Å²) in [5.74, 6) is 1.68. The Bertz CT molecular complexity index is 431. The lowest BCUT2D eigenvalue weighted by Crippen LogP contribution is -2.47. The number of carbonyl (C=O) groups is 1. The molecule has 0 spiro atoms. The van der Waals surface area contributed by atoms with E-state index in [1.165, 1.54) is 0 Å². The summed E-state index contributed by atoms with van der Waals surface area (Å²) in [6.07, 6.45) is 2.80. The molecule has 0 aromatic carbocycles. The largest absolute Gasteiger partial charge is 0.357 e. The zero-order valence-electron chi connectivity index (χ0n) is 15.8. The predicted molar refractivity (Wildman–Crippen MR) is 99.2 cm³/mol. The molecule has 2 rings (SSSR count). The van der Waals surface area contributed by atoms with Crippen molar-refractivity contribution >= 4 is 11.9 Å². The minimum atomic E-state index is 0.243. The normalized spacial score (nSPS) is 25.5. The molecule has 2 unspecified atom stereocenters. The van der Waals surface area contributed by atoms with E-state index in [2.05, 4.69) is 48.2 Å². The van der Waals surface area contributed by atoms with Crippen LogP contribution in [0.2, 0.25) is 0 Å². The molecule has 2 atom stereocenters. The molecule has 2 aliphatic rings. The third-order valence-corrected chi connectivity index (χ3v) is 5.09. The Labute approximate surface area is 147 Å². The first-order valence-electron chi connectivity index (χ1n) is 9.58. The molecule has 0 bridgehead atoms. The van der Waals surface area contributed by atoms with E-state index in [4.69, 9.17) is 0 Å². The summed E-state index contributed by atoms with van der Waals surface area (Å²) in [4.78, 5) is 21.2. The Hall–Kier alpha value is -1.30. The van der Waals surface area contributed by atoms with Gasteiger partial charge in [0.1, 0.15) is 0 Å². The number of nitrogens with one attached hydrogen (secondary N) is 2. The fourth-order valence-electron chi connectivity index (χ4n) is 3.50. The fourth-order valence-corrected chi connectivity index (χ4v) is 3.50. The summed E-state index contributed by atoms with van der Waals surface area (Å²) in [5, 5.41) is 6.88. The van der Waals surface area contributed by atoms with Gasteiger partial charge in [-0.2, -0.15) is 0 Å². The van der Waals surface area contributed by atoms with Gasteiger partial charge in [0.25, 0.3) is 0 Å². The van der Waals surface area contributed by atoms with E-state index in [1.807, 2.05) is 4.90 Å². The second-order valence-electron chi connectivity index (χ2n) is 7.37. The van der Waals surface area contributed by atoms with Crippen LogP contribution in [0, 0.1) is 5.92 Å². The molecule has 1 amide bonds. The van der Waals surface area contributed by atoms with Crippen molar-refractivity contribution in [3.63, 3.8) is 0 Å². The van der Waals surface area contributed by atoms with Gasteiger partial charge in [0.05, 0.1) is 6.54 Å². The van der Waals surface area contributed by atoms with E-state index in [1.54, 1.807) is 0 Å². The average Bonchev–Trinajstić information content (AvgIpc) is 3.18. The molecule has 0 aliphatic carbocycles. The van der Waals surface area contributed by atoms with E-state index < -0.39 is 0 Å². The van der Waals surface area contributed by atoms with Crippen LogP contribution in [0.4, 0.5) is 0 Å². The molecule has 2 saturated heterocycles. The highest BCUT2D eigenvalue weighted by molar-refractivity contribution is 5.81. The molecule has 2 N–H and O–H groups in total. The van der Waals surface area contributed by atoms with Crippen molar-refractivity contribution < 1.29 is 4.79 Å². The van der Waals surface area contributed by atoms with Gasteiger partial charge in [-0.1, -0.05) is 6.92 Å². The molecule has 138 valence electrons. The van der Waals surface area contributed by atoms with Crippen LogP contribution >= 0.6 is 0 Å². The molecule has 2 heterocycles. The van der Waals surface area contributed by atoms with E-state index in [-0.39, 0.29) is 5.91 Å². The van der Waals surface area contributed by atoms with Crippen molar-refractivity contribution in [2.24, 2.45) is 10.9 Å². The number of hydrogen-bond acceptors (Lipinski definition) is 3. The highest BCUT2D eigenvalue weighted by Crippen LogP contribution is 2.18. The van der Waals surface area contributed by atoms with Gasteiger partial charge in [-0.05, 0) is 39.5 Å². The monoisotopic (exact) mass is 337 g/mol. The molecule has 6 nitrogen and oxygen atoms in total. The standard InChI is InChI=1S/C18H35N5O/c1-5-19-18(20-9-8-17(24)22-10-6-7-11-22)21-16-13-23(14(2)3)12-15(16)4/h14-16H,5-13H2,1-4H3,(H2,19,20,21). The lowest BCUT2D eigenvalue weighted by molar-refractivity contribution is -0.129. The highest BCUT2D eigenvalue weighted by Gasteiger charge is 2.31.